The zero-order chi connectivity index (χ0) is 18.7. The van der Waals surface area contributed by atoms with Crippen molar-refractivity contribution in [1.82, 2.24) is 9.29 Å². The fraction of sp³-hybridized carbons (Fsp3) is 0.150. The highest BCUT2D eigenvalue weighted by Crippen LogP contribution is 2.31. The number of pyridine rings is 1. The van der Waals surface area contributed by atoms with Crippen LogP contribution in [0.15, 0.2) is 65.7 Å². The van der Waals surface area contributed by atoms with Gasteiger partial charge in [0.1, 0.15) is 22.6 Å². The van der Waals surface area contributed by atoms with Gasteiger partial charge in [-0.1, -0.05) is 37.3 Å². The van der Waals surface area contributed by atoms with Crippen molar-refractivity contribution in [3.05, 3.63) is 66.6 Å². The number of halogens is 1. The lowest BCUT2D eigenvalue weighted by molar-refractivity contribution is 0.548. The number of anilines is 1. The quantitative estimate of drug-likeness (QED) is 0.736. The van der Waals surface area contributed by atoms with Crippen molar-refractivity contribution >= 4 is 16.8 Å². The Balaban J connectivity index is 2.03. The Hall–Kier alpha value is -2.57. The van der Waals surface area contributed by atoms with E-state index in [4.69, 9.17) is 5.73 Å². The fourth-order valence-corrected chi connectivity index (χ4v) is 3.76. The van der Waals surface area contributed by atoms with E-state index in [-0.39, 0.29) is 5.82 Å². The Morgan fingerprint density at radius 2 is 1.81 bits per heavy atom. The Bertz CT molecular complexity index is 944. The maximum Gasteiger partial charge on any atom is 0.131 e. The van der Waals surface area contributed by atoms with E-state index >= 15 is 0 Å². The van der Waals surface area contributed by atoms with E-state index in [0.29, 0.717) is 33.9 Å². The molecule has 134 valence electrons. The Kier molecular flexibility index (Phi) is 5.44. The number of hydrogen-bond donors (Lipinski definition) is 1. The highest BCUT2D eigenvalue weighted by Gasteiger charge is 2.16. The molecule has 0 amide bonds. The third-order valence-electron chi connectivity index (χ3n) is 4.18. The maximum absolute atomic E-state index is 14.7. The number of hydrogen-bond acceptors (Lipinski definition) is 3. The van der Waals surface area contributed by atoms with Crippen LogP contribution < -0.4 is 5.73 Å². The summed E-state index contributed by atoms with van der Waals surface area (Å²) >= 11 is 0. The second kappa shape index (κ2) is 7.76. The third kappa shape index (κ3) is 3.66. The molecule has 0 spiro atoms. The monoisotopic (exact) mass is 369 g/mol. The number of rotatable bonds is 5. The second-order valence-electron chi connectivity index (χ2n) is 5.86. The SMILES string of the molecule is CCN(C)S(=O)c1ccccc1-c1ccc(-c2ccc(N)nc2)c(F)c1. The van der Waals surface area contributed by atoms with Crippen molar-refractivity contribution in [2.45, 2.75) is 11.8 Å². The molecule has 0 saturated carbocycles. The van der Waals surface area contributed by atoms with Gasteiger partial charge in [-0.15, -0.1) is 0 Å². The number of aromatic nitrogens is 1. The van der Waals surface area contributed by atoms with Crippen LogP contribution in [0, 0.1) is 5.82 Å². The van der Waals surface area contributed by atoms with Gasteiger partial charge >= 0.3 is 0 Å². The molecule has 0 radical (unpaired) electrons. The van der Waals surface area contributed by atoms with Crippen molar-refractivity contribution in [3.8, 4) is 22.3 Å². The summed E-state index contributed by atoms with van der Waals surface area (Å²) in [5, 5.41) is 0. The standard InChI is InChI=1S/C20H20FN3OS/c1-3-24(2)26(25)19-7-5-4-6-17(19)14-8-10-16(18(21)12-14)15-9-11-20(22)23-13-15/h4-13H,3H2,1-2H3,(H2,22,23). The summed E-state index contributed by atoms with van der Waals surface area (Å²) < 4.78 is 29.2. The molecule has 3 aromatic rings. The molecule has 1 aromatic heterocycles. The lowest BCUT2D eigenvalue weighted by Crippen LogP contribution is -2.21. The molecule has 3 rings (SSSR count). The second-order valence-corrected chi connectivity index (χ2v) is 7.42. The molecule has 1 unspecified atom stereocenters. The van der Waals surface area contributed by atoms with Crippen molar-refractivity contribution in [2.75, 3.05) is 19.3 Å². The molecule has 2 aromatic carbocycles. The largest absolute Gasteiger partial charge is 0.384 e. The average molecular weight is 369 g/mol. The first-order valence-electron chi connectivity index (χ1n) is 8.25. The van der Waals surface area contributed by atoms with Gasteiger partial charge < -0.3 is 5.73 Å². The Morgan fingerprint density at radius 3 is 2.46 bits per heavy atom. The van der Waals surface area contributed by atoms with E-state index < -0.39 is 11.0 Å². The zero-order valence-corrected chi connectivity index (χ0v) is 15.5. The first kappa shape index (κ1) is 18.2. The highest BCUT2D eigenvalue weighted by molar-refractivity contribution is 7.82. The lowest BCUT2D eigenvalue weighted by atomic mass is 10.0. The van der Waals surface area contributed by atoms with Crippen LogP contribution in [0.5, 0.6) is 0 Å². The minimum Gasteiger partial charge on any atom is -0.384 e. The summed E-state index contributed by atoms with van der Waals surface area (Å²) in [7, 11) is 0.492. The van der Waals surface area contributed by atoms with Gasteiger partial charge in [-0.2, -0.15) is 0 Å². The van der Waals surface area contributed by atoms with Gasteiger partial charge in [0.2, 0.25) is 0 Å². The van der Waals surface area contributed by atoms with E-state index in [2.05, 4.69) is 4.98 Å². The minimum absolute atomic E-state index is 0.362. The van der Waals surface area contributed by atoms with Crippen LogP contribution in [0.25, 0.3) is 22.3 Å². The van der Waals surface area contributed by atoms with Crippen molar-refractivity contribution in [1.29, 1.82) is 0 Å². The van der Waals surface area contributed by atoms with Crippen molar-refractivity contribution in [2.24, 2.45) is 0 Å². The fourth-order valence-electron chi connectivity index (χ4n) is 2.62. The van der Waals surface area contributed by atoms with Crippen LogP contribution in [-0.2, 0) is 11.0 Å². The first-order chi connectivity index (χ1) is 12.5. The number of nitrogens with zero attached hydrogens (tertiary/aromatic N) is 2. The highest BCUT2D eigenvalue weighted by atomic mass is 32.2. The molecule has 0 fully saturated rings. The van der Waals surface area contributed by atoms with Gasteiger partial charge in [0.05, 0.1) is 4.90 Å². The van der Waals surface area contributed by atoms with Gasteiger partial charge in [-0.05, 0) is 35.4 Å². The molecule has 1 heterocycles. The van der Waals surface area contributed by atoms with Gasteiger partial charge in [-0.25, -0.2) is 17.9 Å². The summed E-state index contributed by atoms with van der Waals surface area (Å²) in [6.07, 6.45) is 1.55. The van der Waals surface area contributed by atoms with E-state index in [1.807, 2.05) is 37.3 Å². The maximum atomic E-state index is 14.7. The molecule has 0 aliphatic carbocycles. The zero-order valence-electron chi connectivity index (χ0n) is 14.6. The molecule has 26 heavy (non-hydrogen) atoms. The topological polar surface area (TPSA) is 59.2 Å². The van der Waals surface area contributed by atoms with E-state index in [9.17, 15) is 8.60 Å². The number of nitrogens with two attached hydrogens (primary N) is 1. The van der Waals surface area contributed by atoms with E-state index in [1.54, 1.807) is 35.7 Å². The van der Waals surface area contributed by atoms with Crippen LogP contribution in [0.4, 0.5) is 10.2 Å². The normalized spacial score (nSPS) is 12.3. The molecule has 0 aliphatic rings. The summed E-state index contributed by atoms with van der Waals surface area (Å²) in [5.74, 6) is 0.0285. The predicted molar refractivity (Wildman–Crippen MR) is 104 cm³/mol. The Labute approximate surface area is 155 Å². The van der Waals surface area contributed by atoms with Gasteiger partial charge in [0.25, 0.3) is 0 Å². The number of nitrogen functional groups attached to an aromatic ring is 1. The molecule has 0 bridgehead atoms. The van der Waals surface area contributed by atoms with Crippen LogP contribution in [0.1, 0.15) is 6.92 Å². The van der Waals surface area contributed by atoms with Crippen molar-refractivity contribution < 1.29 is 8.60 Å². The average Bonchev–Trinajstić information content (AvgIpc) is 2.67. The third-order valence-corrected chi connectivity index (χ3v) is 5.74. The summed E-state index contributed by atoms with van der Waals surface area (Å²) in [5.41, 5.74) is 8.13. The first-order valence-corrected chi connectivity index (χ1v) is 9.35. The van der Waals surface area contributed by atoms with Crippen LogP contribution >= 0.6 is 0 Å². The molecule has 0 aliphatic heterocycles. The Morgan fingerprint density at radius 1 is 1.08 bits per heavy atom. The van der Waals surface area contributed by atoms with Gasteiger partial charge in [0, 0.05) is 30.9 Å². The lowest BCUT2D eigenvalue weighted by Gasteiger charge is -2.16. The van der Waals surface area contributed by atoms with Crippen LogP contribution in [-0.4, -0.2) is 27.1 Å². The minimum atomic E-state index is -1.30. The molecule has 2 N–H and O–H groups in total. The van der Waals surface area contributed by atoms with Crippen LogP contribution in [0.2, 0.25) is 0 Å². The summed E-state index contributed by atoms with van der Waals surface area (Å²) in [4.78, 5) is 4.67. The smallest absolute Gasteiger partial charge is 0.131 e. The molecular formula is C20H20FN3OS. The molecule has 6 heteroatoms. The van der Waals surface area contributed by atoms with Crippen LogP contribution in [0.3, 0.4) is 0 Å². The number of benzene rings is 2. The van der Waals surface area contributed by atoms with E-state index in [1.165, 1.54) is 6.07 Å². The predicted octanol–water partition coefficient (Wildman–Crippen LogP) is 4.11. The van der Waals surface area contributed by atoms with Gasteiger partial charge in [0.15, 0.2) is 0 Å². The van der Waals surface area contributed by atoms with E-state index in [0.717, 1.165) is 5.56 Å². The molecule has 1 atom stereocenters. The molecule has 0 saturated heterocycles. The van der Waals surface area contributed by atoms with Crippen molar-refractivity contribution in [3.63, 3.8) is 0 Å². The summed E-state index contributed by atoms with van der Waals surface area (Å²) in [6, 6.07) is 15.7. The molecular weight excluding hydrogens is 349 g/mol. The van der Waals surface area contributed by atoms with Gasteiger partial charge in [-0.3, -0.25) is 0 Å². The summed E-state index contributed by atoms with van der Waals surface area (Å²) in [6.45, 7) is 2.59. The molecule has 4 nitrogen and oxygen atoms in total.